The molecular weight excluding hydrogens is 332 g/mol. The zero-order chi connectivity index (χ0) is 10.7. The number of benzene rings is 1. The molecule has 1 aromatic carbocycles. The van der Waals surface area contributed by atoms with Gasteiger partial charge in [-0.05, 0) is 49.6 Å². The summed E-state index contributed by atoms with van der Waals surface area (Å²) in [6.07, 6.45) is 0.266. The fourth-order valence-electron chi connectivity index (χ4n) is 0.959. The lowest BCUT2D eigenvalue weighted by molar-refractivity contribution is -0.139. The van der Waals surface area contributed by atoms with E-state index in [1.54, 1.807) is 0 Å². The number of esters is 1. The Morgan fingerprint density at radius 2 is 1.93 bits per heavy atom. The van der Waals surface area contributed by atoms with E-state index in [4.69, 9.17) is 0 Å². The molecule has 0 bridgehead atoms. The van der Waals surface area contributed by atoms with Crippen LogP contribution in [0.2, 0.25) is 0 Å². The lowest BCUT2D eigenvalue weighted by Gasteiger charge is -2.05. The van der Waals surface area contributed by atoms with Gasteiger partial charge in [0.2, 0.25) is 0 Å². The van der Waals surface area contributed by atoms with Gasteiger partial charge in [-0.2, -0.15) is 0 Å². The van der Waals surface area contributed by atoms with Crippen LogP contribution in [-0.2, 0) is 16.0 Å². The van der Waals surface area contributed by atoms with Crippen molar-refractivity contribution in [2.75, 3.05) is 7.11 Å². The molecule has 0 aromatic heterocycles. The second-order valence-corrected chi connectivity index (χ2v) is 4.82. The first kappa shape index (κ1) is 12.1. The van der Waals surface area contributed by atoms with Gasteiger partial charge in [-0.3, -0.25) is 4.79 Å². The number of methoxy groups -OCH3 is 1. The summed E-state index contributed by atoms with van der Waals surface area (Å²) >= 11 is 11.0. The van der Waals surface area contributed by atoms with Gasteiger partial charge in [0.1, 0.15) is 0 Å². The van der Waals surface area contributed by atoms with E-state index in [0.717, 1.165) is 19.4 Å². The monoisotopic (exact) mass is 338 g/mol. The predicted molar refractivity (Wildman–Crippen MR) is 64.8 cm³/mol. The summed E-state index contributed by atoms with van der Waals surface area (Å²) in [5.74, 6) is -0.254. The maximum Gasteiger partial charge on any atom is 0.309 e. The molecule has 0 fully saturated rings. The van der Waals surface area contributed by atoms with Crippen LogP contribution >= 0.6 is 44.5 Å². The number of rotatable bonds is 2. The molecule has 5 heteroatoms. The first-order chi connectivity index (χ1) is 6.54. The van der Waals surface area contributed by atoms with Crippen molar-refractivity contribution in [3.05, 3.63) is 26.6 Å². The van der Waals surface area contributed by atoms with E-state index in [1.807, 2.05) is 12.1 Å². The smallest absolute Gasteiger partial charge is 0.309 e. The van der Waals surface area contributed by atoms with Crippen molar-refractivity contribution in [3.63, 3.8) is 0 Å². The number of thiol groups is 1. The number of ether oxygens (including phenoxy) is 1. The molecule has 0 unspecified atom stereocenters. The van der Waals surface area contributed by atoms with Gasteiger partial charge in [0, 0.05) is 13.8 Å². The highest BCUT2D eigenvalue weighted by Gasteiger charge is 2.07. The molecule has 0 atom stereocenters. The zero-order valence-corrected chi connectivity index (χ0v) is 11.4. The van der Waals surface area contributed by atoms with Crippen molar-refractivity contribution in [2.45, 2.75) is 11.3 Å². The Bertz CT molecular complexity index is 343. The van der Waals surface area contributed by atoms with Crippen LogP contribution in [-0.4, -0.2) is 13.1 Å². The van der Waals surface area contributed by atoms with Crippen LogP contribution in [0.4, 0.5) is 0 Å². The van der Waals surface area contributed by atoms with E-state index in [1.165, 1.54) is 7.11 Å². The molecule has 76 valence electrons. The van der Waals surface area contributed by atoms with Crippen molar-refractivity contribution in [1.82, 2.24) is 0 Å². The molecule has 2 nitrogen and oxygen atoms in total. The van der Waals surface area contributed by atoms with Gasteiger partial charge < -0.3 is 4.74 Å². The normalized spacial score (nSPS) is 10.0. The van der Waals surface area contributed by atoms with Crippen molar-refractivity contribution >= 4 is 50.5 Å². The number of carbonyl (C=O) groups excluding carboxylic acids is 1. The molecule has 14 heavy (non-hydrogen) atoms. The highest BCUT2D eigenvalue weighted by molar-refractivity contribution is 9.11. The number of carbonyl (C=O) groups is 1. The molecule has 0 N–H and O–H groups in total. The third-order valence-corrected chi connectivity index (χ3v) is 4.00. The highest BCUT2D eigenvalue weighted by atomic mass is 79.9. The summed E-state index contributed by atoms with van der Waals surface area (Å²) in [4.78, 5) is 11.8. The standard InChI is InChI=1S/C9H8Br2O2S/c1-13-8(12)4-5-2-6(10)9(14)7(11)3-5/h2-3,14H,4H2,1H3. The summed E-state index contributed by atoms with van der Waals surface area (Å²) in [7, 11) is 1.37. The van der Waals surface area contributed by atoms with E-state index in [2.05, 4.69) is 49.2 Å². The minimum atomic E-state index is -0.254. The van der Waals surface area contributed by atoms with Gasteiger partial charge in [0.15, 0.2) is 0 Å². The number of hydrogen-bond donors (Lipinski definition) is 1. The zero-order valence-electron chi connectivity index (χ0n) is 7.38. The molecular formula is C9H8Br2O2S. The lowest BCUT2D eigenvalue weighted by Crippen LogP contribution is -2.04. The molecule has 0 aliphatic carbocycles. The molecule has 0 heterocycles. The average Bonchev–Trinajstić information content (AvgIpc) is 2.14. The fourth-order valence-corrected chi connectivity index (χ4v) is 2.37. The van der Waals surface area contributed by atoms with Crippen molar-refractivity contribution in [1.29, 1.82) is 0 Å². The molecule has 0 aliphatic rings. The highest BCUT2D eigenvalue weighted by Crippen LogP contribution is 2.30. The fraction of sp³-hybridized carbons (Fsp3) is 0.222. The molecule has 0 spiro atoms. The van der Waals surface area contributed by atoms with Crippen LogP contribution < -0.4 is 0 Å². The second-order valence-electron chi connectivity index (χ2n) is 2.66. The Morgan fingerprint density at radius 3 is 2.36 bits per heavy atom. The van der Waals surface area contributed by atoms with E-state index < -0.39 is 0 Å². The van der Waals surface area contributed by atoms with Crippen molar-refractivity contribution < 1.29 is 9.53 Å². The first-order valence-corrected chi connectivity index (χ1v) is 5.81. The predicted octanol–water partition coefficient (Wildman–Crippen LogP) is 3.22. The van der Waals surface area contributed by atoms with Crippen LogP contribution in [0.25, 0.3) is 0 Å². The van der Waals surface area contributed by atoms with E-state index in [0.29, 0.717) is 0 Å². The molecule has 1 aromatic rings. The third kappa shape index (κ3) is 3.00. The minimum Gasteiger partial charge on any atom is -0.469 e. The van der Waals surface area contributed by atoms with Gasteiger partial charge in [-0.15, -0.1) is 12.6 Å². The molecule has 0 aliphatic heterocycles. The first-order valence-electron chi connectivity index (χ1n) is 3.78. The second kappa shape index (κ2) is 5.19. The van der Waals surface area contributed by atoms with Crippen LogP contribution in [0, 0.1) is 0 Å². The van der Waals surface area contributed by atoms with Crippen LogP contribution in [0.15, 0.2) is 26.0 Å². The quantitative estimate of drug-likeness (QED) is 0.661. The largest absolute Gasteiger partial charge is 0.469 e. The number of hydrogen-bond acceptors (Lipinski definition) is 3. The van der Waals surface area contributed by atoms with Crippen LogP contribution in [0.3, 0.4) is 0 Å². The van der Waals surface area contributed by atoms with Gasteiger partial charge >= 0.3 is 5.97 Å². The van der Waals surface area contributed by atoms with Crippen molar-refractivity contribution in [3.8, 4) is 0 Å². The maximum absolute atomic E-state index is 11.0. The van der Waals surface area contributed by atoms with E-state index in [-0.39, 0.29) is 12.4 Å². The minimum absolute atomic E-state index is 0.254. The SMILES string of the molecule is COC(=O)Cc1cc(Br)c(S)c(Br)c1. The summed E-state index contributed by atoms with van der Waals surface area (Å²) in [5.41, 5.74) is 0.883. The Morgan fingerprint density at radius 1 is 1.43 bits per heavy atom. The van der Waals surface area contributed by atoms with Gasteiger partial charge in [-0.1, -0.05) is 0 Å². The van der Waals surface area contributed by atoms with Crippen LogP contribution in [0.5, 0.6) is 0 Å². The molecule has 0 radical (unpaired) electrons. The topological polar surface area (TPSA) is 26.3 Å². The van der Waals surface area contributed by atoms with E-state index in [9.17, 15) is 4.79 Å². The Balaban J connectivity index is 2.95. The summed E-state index contributed by atoms with van der Waals surface area (Å²) in [6.45, 7) is 0. The average molecular weight is 340 g/mol. The van der Waals surface area contributed by atoms with Gasteiger partial charge in [-0.25, -0.2) is 0 Å². The maximum atomic E-state index is 11.0. The molecule has 0 saturated heterocycles. The van der Waals surface area contributed by atoms with Gasteiger partial charge in [0.05, 0.1) is 13.5 Å². The number of halogens is 2. The molecule has 1 rings (SSSR count). The van der Waals surface area contributed by atoms with E-state index >= 15 is 0 Å². The Hall–Kier alpha value is -0.000000000000000111. The third-order valence-electron chi connectivity index (χ3n) is 1.65. The Kier molecular flexibility index (Phi) is 4.47. The van der Waals surface area contributed by atoms with Crippen molar-refractivity contribution in [2.24, 2.45) is 0 Å². The van der Waals surface area contributed by atoms with Crippen LogP contribution in [0.1, 0.15) is 5.56 Å². The lowest BCUT2D eigenvalue weighted by atomic mass is 10.1. The summed E-state index contributed by atoms with van der Waals surface area (Å²) < 4.78 is 6.29. The summed E-state index contributed by atoms with van der Waals surface area (Å²) in [6, 6.07) is 3.70. The Labute approximate surface area is 105 Å². The summed E-state index contributed by atoms with van der Waals surface area (Å²) in [5, 5.41) is 0. The molecule has 0 amide bonds. The molecule has 0 saturated carbocycles. The van der Waals surface area contributed by atoms with Gasteiger partial charge in [0.25, 0.3) is 0 Å².